The third-order valence-electron chi connectivity index (χ3n) is 4.34. The summed E-state index contributed by atoms with van der Waals surface area (Å²) in [5, 5.41) is 2.93. The van der Waals surface area contributed by atoms with E-state index < -0.39 is 17.7 Å². The Morgan fingerprint density at radius 3 is 2.52 bits per heavy atom. The van der Waals surface area contributed by atoms with Crippen LogP contribution in [0.3, 0.4) is 0 Å². The summed E-state index contributed by atoms with van der Waals surface area (Å²) in [6.45, 7) is 6.48. The lowest BCUT2D eigenvalue weighted by Gasteiger charge is -2.28. The van der Waals surface area contributed by atoms with Crippen LogP contribution < -0.4 is 14.8 Å². The molecule has 1 saturated heterocycles. The van der Waals surface area contributed by atoms with Crippen molar-refractivity contribution in [2.24, 2.45) is 0 Å². The minimum atomic E-state index is -0.575. The van der Waals surface area contributed by atoms with Crippen LogP contribution in [0.15, 0.2) is 18.2 Å². The molecule has 150 valence electrons. The van der Waals surface area contributed by atoms with Gasteiger partial charge < -0.3 is 19.5 Å². The van der Waals surface area contributed by atoms with Crippen LogP contribution in [0, 0.1) is 0 Å². The first-order valence-corrected chi connectivity index (χ1v) is 9.23. The molecule has 0 saturated carbocycles. The monoisotopic (exact) mass is 378 g/mol. The molecule has 2 amide bonds. The number of methoxy groups -OCH3 is 2. The molecule has 7 nitrogen and oxygen atoms in total. The van der Waals surface area contributed by atoms with Crippen LogP contribution in [0.5, 0.6) is 11.5 Å². The van der Waals surface area contributed by atoms with Crippen LogP contribution in [0.25, 0.3) is 0 Å². The van der Waals surface area contributed by atoms with Gasteiger partial charge >= 0.3 is 6.09 Å². The van der Waals surface area contributed by atoms with E-state index in [1.165, 1.54) is 4.90 Å². The molecule has 1 aliphatic rings. The number of rotatable bonds is 6. The Kier molecular flexibility index (Phi) is 6.93. The van der Waals surface area contributed by atoms with E-state index in [0.29, 0.717) is 37.4 Å². The largest absolute Gasteiger partial charge is 0.493 e. The molecule has 1 N–H and O–H groups in total. The Morgan fingerprint density at radius 2 is 1.89 bits per heavy atom. The summed E-state index contributed by atoms with van der Waals surface area (Å²) in [5.41, 5.74) is 0.456. The van der Waals surface area contributed by atoms with Crippen molar-refractivity contribution in [3.8, 4) is 11.5 Å². The maximum atomic E-state index is 12.5. The summed E-state index contributed by atoms with van der Waals surface area (Å²) >= 11 is 0. The van der Waals surface area contributed by atoms with Crippen molar-refractivity contribution in [2.45, 2.75) is 51.7 Å². The van der Waals surface area contributed by atoms with Gasteiger partial charge in [-0.05, 0) is 57.7 Å². The van der Waals surface area contributed by atoms with Gasteiger partial charge in [0.2, 0.25) is 5.91 Å². The fourth-order valence-electron chi connectivity index (χ4n) is 3.06. The minimum absolute atomic E-state index is 0.140. The lowest BCUT2D eigenvalue weighted by molar-refractivity contribution is -0.125. The van der Waals surface area contributed by atoms with Gasteiger partial charge in [-0.3, -0.25) is 9.69 Å². The fraction of sp³-hybridized carbons (Fsp3) is 0.600. The van der Waals surface area contributed by atoms with E-state index in [0.717, 1.165) is 12.0 Å². The number of ether oxygens (including phenoxy) is 3. The highest BCUT2D eigenvalue weighted by Gasteiger charge is 2.36. The number of nitrogens with one attached hydrogen (secondary N) is 1. The third-order valence-corrected chi connectivity index (χ3v) is 4.34. The summed E-state index contributed by atoms with van der Waals surface area (Å²) < 4.78 is 15.9. The number of amides is 2. The van der Waals surface area contributed by atoms with Crippen molar-refractivity contribution >= 4 is 12.0 Å². The average molecular weight is 378 g/mol. The van der Waals surface area contributed by atoms with E-state index >= 15 is 0 Å². The molecule has 2 rings (SSSR count). The lowest BCUT2D eigenvalue weighted by Crippen LogP contribution is -2.47. The van der Waals surface area contributed by atoms with E-state index in [2.05, 4.69) is 5.32 Å². The van der Waals surface area contributed by atoms with Gasteiger partial charge in [-0.2, -0.15) is 0 Å². The van der Waals surface area contributed by atoms with E-state index in [4.69, 9.17) is 14.2 Å². The molecule has 0 aromatic heterocycles. The molecular weight excluding hydrogens is 348 g/mol. The minimum Gasteiger partial charge on any atom is -0.493 e. The molecule has 1 aromatic rings. The topological polar surface area (TPSA) is 77.1 Å². The highest BCUT2D eigenvalue weighted by molar-refractivity contribution is 5.86. The van der Waals surface area contributed by atoms with Gasteiger partial charge in [0.25, 0.3) is 0 Å². The maximum absolute atomic E-state index is 12.5. The lowest BCUT2D eigenvalue weighted by atomic mass is 10.1. The molecule has 1 aromatic carbocycles. The summed E-state index contributed by atoms with van der Waals surface area (Å²) in [4.78, 5) is 26.4. The zero-order chi connectivity index (χ0) is 20.0. The molecule has 1 atom stereocenters. The second kappa shape index (κ2) is 8.97. The van der Waals surface area contributed by atoms with Crippen LogP contribution in [-0.2, 0) is 16.0 Å². The van der Waals surface area contributed by atoms with Gasteiger partial charge in [0, 0.05) is 13.1 Å². The van der Waals surface area contributed by atoms with Crippen LogP contribution in [0.1, 0.15) is 39.2 Å². The van der Waals surface area contributed by atoms with E-state index in [9.17, 15) is 9.59 Å². The van der Waals surface area contributed by atoms with Crippen molar-refractivity contribution in [2.75, 3.05) is 27.3 Å². The Balaban J connectivity index is 1.88. The predicted molar refractivity (Wildman–Crippen MR) is 102 cm³/mol. The summed E-state index contributed by atoms with van der Waals surface area (Å²) in [5.74, 6) is 1.19. The van der Waals surface area contributed by atoms with Crippen molar-refractivity contribution in [3.63, 3.8) is 0 Å². The summed E-state index contributed by atoms with van der Waals surface area (Å²) in [6.07, 6.45) is 1.68. The molecule has 1 heterocycles. The first-order valence-electron chi connectivity index (χ1n) is 9.23. The molecule has 0 aliphatic carbocycles. The van der Waals surface area contributed by atoms with Crippen LogP contribution in [0.2, 0.25) is 0 Å². The molecule has 0 radical (unpaired) electrons. The number of benzene rings is 1. The molecule has 1 aliphatic heterocycles. The first kappa shape index (κ1) is 20.9. The van der Waals surface area contributed by atoms with E-state index in [1.807, 2.05) is 39.0 Å². The Bertz CT molecular complexity index is 669. The number of carbonyl (C=O) groups excluding carboxylic acids is 2. The normalized spacial score (nSPS) is 16.8. The highest BCUT2D eigenvalue weighted by atomic mass is 16.6. The van der Waals surface area contributed by atoms with Crippen molar-refractivity contribution in [1.82, 2.24) is 10.2 Å². The Hall–Kier alpha value is -2.44. The second-order valence-corrected chi connectivity index (χ2v) is 7.56. The van der Waals surface area contributed by atoms with Gasteiger partial charge in [0.05, 0.1) is 14.2 Å². The number of likely N-dealkylation sites (tertiary alicyclic amines) is 1. The molecule has 1 fully saturated rings. The maximum Gasteiger partial charge on any atom is 0.410 e. The number of hydrogen-bond acceptors (Lipinski definition) is 5. The Labute approximate surface area is 161 Å². The van der Waals surface area contributed by atoms with E-state index in [1.54, 1.807) is 14.2 Å². The number of nitrogens with zero attached hydrogens (tertiary/aromatic N) is 1. The van der Waals surface area contributed by atoms with Gasteiger partial charge in [0.1, 0.15) is 11.6 Å². The van der Waals surface area contributed by atoms with Gasteiger partial charge in [-0.1, -0.05) is 6.07 Å². The molecular formula is C20H30N2O5. The SMILES string of the molecule is COc1ccc(CCNC(=O)[C@@H]2CCCN2C(=O)OC(C)(C)C)cc1OC. The second-order valence-electron chi connectivity index (χ2n) is 7.56. The predicted octanol–water partition coefficient (Wildman–Crippen LogP) is 2.76. The summed E-state index contributed by atoms with van der Waals surface area (Å²) in [6, 6.07) is 5.21. The van der Waals surface area contributed by atoms with Crippen molar-refractivity contribution < 1.29 is 23.8 Å². The van der Waals surface area contributed by atoms with Gasteiger partial charge in [0.15, 0.2) is 11.5 Å². The molecule has 0 spiro atoms. The van der Waals surface area contributed by atoms with Gasteiger partial charge in [-0.25, -0.2) is 4.79 Å². The standard InChI is InChI=1S/C20H30N2O5/c1-20(2,3)27-19(24)22-12-6-7-15(22)18(23)21-11-10-14-8-9-16(25-4)17(13-14)26-5/h8-9,13,15H,6-7,10-12H2,1-5H3,(H,21,23)/t15-/m0/s1. The molecule has 0 unspecified atom stereocenters. The zero-order valence-corrected chi connectivity index (χ0v) is 16.8. The van der Waals surface area contributed by atoms with Crippen LogP contribution in [-0.4, -0.2) is 55.9 Å². The Morgan fingerprint density at radius 1 is 1.19 bits per heavy atom. The van der Waals surface area contributed by atoms with Crippen LogP contribution in [0.4, 0.5) is 4.79 Å². The van der Waals surface area contributed by atoms with Gasteiger partial charge in [-0.15, -0.1) is 0 Å². The smallest absolute Gasteiger partial charge is 0.410 e. The fourth-order valence-corrected chi connectivity index (χ4v) is 3.06. The molecule has 27 heavy (non-hydrogen) atoms. The van der Waals surface area contributed by atoms with Crippen molar-refractivity contribution in [1.29, 1.82) is 0 Å². The molecule has 7 heteroatoms. The summed E-state index contributed by atoms with van der Waals surface area (Å²) in [7, 11) is 3.19. The third kappa shape index (κ3) is 5.77. The zero-order valence-electron chi connectivity index (χ0n) is 16.8. The number of hydrogen-bond donors (Lipinski definition) is 1. The van der Waals surface area contributed by atoms with Crippen LogP contribution >= 0.6 is 0 Å². The average Bonchev–Trinajstić information content (AvgIpc) is 3.10. The van der Waals surface area contributed by atoms with Crippen molar-refractivity contribution in [3.05, 3.63) is 23.8 Å². The number of carbonyl (C=O) groups is 2. The molecule has 0 bridgehead atoms. The first-order chi connectivity index (χ1) is 12.7. The highest BCUT2D eigenvalue weighted by Crippen LogP contribution is 2.27. The quantitative estimate of drug-likeness (QED) is 0.824. The van der Waals surface area contributed by atoms with E-state index in [-0.39, 0.29) is 5.91 Å².